The number of benzene rings is 2. The maximum atomic E-state index is 6.10. The number of nitrogens with one attached hydrogen (secondary N) is 1. The highest BCUT2D eigenvalue weighted by molar-refractivity contribution is 6.35. The first-order valence-corrected chi connectivity index (χ1v) is 6.70. The highest BCUT2D eigenvalue weighted by Gasteiger charge is 2.00. The molecule has 0 fully saturated rings. The lowest BCUT2D eigenvalue weighted by Gasteiger charge is -2.07. The van der Waals surface area contributed by atoms with E-state index in [0.717, 1.165) is 30.1 Å². The summed E-state index contributed by atoms with van der Waals surface area (Å²) in [6.45, 7) is 1.70. The fourth-order valence-corrected chi connectivity index (χ4v) is 2.24. The predicted molar refractivity (Wildman–Crippen MR) is 78.3 cm³/mol. The fourth-order valence-electron chi connectivity index (χ4n) is 1.77. The summed E-state index contributed by atoms with van der Waals surface area (Å²) in [5.41, 5.74) is 2.42. The summed E-state index contributed by atoms with van der Waals surface area (Å²) in [7, 11) is 0. The first kappa shape index (κ1) is 13.4. The zero-order valence-electron chi connectivity index (χ0n) is 10.00. The molecular weight excluding hydrogens is 265 g/mol. The van der Waals surface area contributed by atoms with Crippen LogP contribution in [0.5, 0.6) is 0 Å². The lowest BCUT2D eigenvalue weighted by molar-refractivity contribution is 0.687. The van der Waals surface area contributed by atoms with E-state index in [-0.39, 0.29) is 0 Å². The molecule has 0 heterocycles. The molecule has 0 saturated carbocycles. The summed E-state index contributed by atoms with van der Waals surface area (Å²) in [4.78, 5) is 0. The highest BCUT2D eigenvalue weighted by Crippen LogP contribution is 2.20. The van der Waals surface area contributed by atoms with Crippen LogP contribution >= 0.6 is 23.2 Å². The van der Waals surface area contributed by atoms with Gasteiger partial charge in [0.05, 0.1) is 0 Å². The second-order valence-electron chi connectivity index (χ2n) is 4.15. The van der Waals surface area contributed by atoms with Crippen molar-refractivity contribution in [2.75, 3.05) is 6.54 Å². The summed E-state index contributed by atoms with van der Waals surface area (Å²) in [6, 6.07) is 16.0. The second-order valence-corrected chi connectivity index (χ2v) is 4.99. The minimum absolute atomic E-state index is 0.674. The number of rotatable bonds is 5. The Morgan fingerprint density at radius 2 is 1.72 bits per heavy atom. The zero-order valence-corrected chi connectivity index (χ0v) is 11.5. The smallest absolute Gasteiger partial charge is 0.0465 e. The molecule has 0 atom stereocenters. The third kappa shape index (κ3) is 4.02. The molecule has 0 saturated heterocycles. The molecule has 0 aliphatic rings. The molecule has 0 amide bonds. The summed E-state index contributed by atoms with van der Waals surface area (Å²) >= 11 is 12.0. The van der Waals surface area contributed by atoms with Crippen LogP contribution in [-0.2, 0) is 13.0 Å². The van der Waals surface area contributed by atoms with Gasteiger partial charge in [-0.1, -0.05) is 59.6 Å². The molecule has 18 heavy (non-hydrogen) atoms. The summed E-state index contributed by atoms with van der Waals surface area (Å²) in [5.74, 6) is 0. The minimum atomic E-state index is 0.674. The Kier molecular flexibility index (Phi) is 5.06. The van der Waals surface area contributed by atoms with Gasteiger partial charge in [0, 0.05) is 16.6 Å². The van der Waals surface area contributed by atoms with Crippen LogP contribution in [0.3, 0.4) is 0 Å². The normalized spacial score (nSPS) is 10.6. The number of halogens is 2. The van der Waals surface area contributed by atoms with Crippen LogP contribution in [0.15, 0.2) is 48.5 Å². The minimum Gasteiger partial charge on any atom is -0.312 e. The summed E-state index contributed by atoms with van der Waals surface area (Å²) < 4.78 is 0. The average Bonchev–Trinajstić information content (AvgIpc) is 2.38. The molecule has 3 heteroatoms. The van der Waals surface area contributed by atoms with Gasteiger partial charge in [-0.25, -0.2) is 0 Å². The van der Waals surface area contributed by atoms with Gasteiger partial charge >= 0.3 is 0 Å². The molecule has 0 bridgehead atoms. The maximum absolute atomic E-state index is 6.10. The molecule has 0 aliphatic carbocycles. The quantitative estimate of drug-likeness (QED) is 0.804. The van der Waals surface area contributed by atoms with Crippen molar-refractivity contribution in [2.45, 2.75) is 13.0 Å². The van der Waals surface area contributed by atoms with Crippen LogP contribution < -0.4 is 5.32 Å². The van der Waals surface area contributed by atoms with E-state index < -0.39 is 0 Å². The van der Waals surface area contributed by atoms with Gasteiger partial charge < -0.3 is 5.32 Å². The Balaban J connectivity index is 1.79. The summed E-state index contributed by atoms with van der Waals surface area (Å²) in [6.07, 6.45) is 1.02. The molecule has 94 valence electrons. The molecule has 0 radical (unpaired) electrons. The monoisotopic (exact) mass is 279 g/mol. The van der Waals surface area contributed by atoms with Crippen molar-refractivity contribution in [3.8, 4) is 0 Å². The van der Waals surface area contributed by atoms with Gasteiger partial charge in [-0.05, 0) is 36.2 Å². The van der Waals surface area contributed by atoms with Gasteiger partial charge in [0.15, 0.2) is 0 Å². The standard InChI is InChI=1S/C15H15Cl2N/c16-14-7-6-13(15(17)10-14)11-18-9-8-12-4-2-1-3-5-12/h1-7,10,18H,8-9,11H2. The molecule has 0 spiro atoms. The van der Waals surface area contributed by atoms with Crippen molar-refractivity contribution in [3.63, 3.8) is 0 Å². The molecule has 2 aromatic rings. The summed E-state index contributed by atoms with van der Waals surface area (Å²) in [5, 5.41) is 4.77. The fraction of sp³-hybridized carbons (Fsp3) is 0.200. The van der Waals surface area contributed by atoms with E-state index in [9.17, 15) is 0 Å². The predicted octanol–water partition coefficient (Wildman–Crippen LogP) is 4.33. The van der Waals surface area contributed by atoms with Gasteiger partial charge in [-0.3, -0.25) is 0 Å². The van der Waals surface area contributed by atoms with Crippen molar-refractivity contribution in [3.05, 3.63) is 69.7 Å². The molecule has 2 rings (SSSR count). The molecule has 2 aromatic carbocycles. The van der Waals surface area contributed by atoms with Crippen molar-refractivity contribution >= 4 is 23.2 Å². The number of hydrogen-bond acceptors (Lipinski definition) is 1. The van der Waals surface area contributed by atoms with E-state index in [0.29, 0.717) is 5.02 Å². The topological polar surface area (TPSA) is 12.0 Å². The van der Waals surface area contributed by atoms with E-state index in [1.54, 1.807) is 6.07 Å². The van der Waals surface area contributed by atoms with Crippen LogP contribution in [0.1, 0.15) is 11.1 Å². The Morgan fingerprint density at radius 3 is 2.44 bits per heavy atom. The largest absolute Gasteiger partial charge is 0.312 e. The Hall–Kier alpha value is -1.02. The maximum Gasteiger partial charge on any atom is 0.0465 e. The first-order chi connectivity index (χ1) is 8.75. The second kappa shape index (κ2) is 6.79. The van der Waals surface area contributed by atoms with Crippen LogP contribution in [0, 0.1) is 0 Å². The van der Waals surface area contributed by atoms with Gasteiger partial charge in [0.1, 0.15) is 0 Å². The molecule has 0 aromatic heterocycles. The van der Waals surface area contributed by atoms with E-state index in [2.05, 4.69) is 29.6 Å². The molecule has 1 N–H and O–H groups in total. The van der Waals surface area contributed by atoms with Gasteiger partial charge in [-0.15, -0.1) is 0 Å². The van der Waals surface area contributed by atoms with Crippen LogP contribution in [0.4, 0.5) is 0 Å². The zero-order chi connectivity index (χ0) is 12.8. The van der Waals surface area contributed by atoms with E-state index in [1.807, 2.05) is 18.2 Å². The number of hydrogen-bond donors (Lipinski definition) is 1. The van der Waals surface area contributed by atoms with E-state index in [1.165, 1.54) is 5.56 Å². The van der Waals surface area contributed by atoms with Crippen molar-refractivity contribution in [2.24, 2.45) is 0 Å². The Morgan fingerprint density at radius 1 is 0.944 bits per heavy atom. The van der Waals surface area contributed by atoms with E-state index in [4.69, 9.17) is 23.2 Å². The SMILES string of the molecule is Clc1ccc(CNCCc2ccccc2)c(Cl)c1. The third-order valence-electron chi connectivity index (χ3n) is 2.76. The van der Waals surface area contributed by atoms with E-state index >= 15 is 0 Å². The van der Waals surface area contributed by atoms with Crippen LogP contribution in [0.2, 0.25) is 10.0 Å². The van der Waals surface area contributed by atoms with Gasteiger partial charge in [0.25, 0.3) is 0 Å². The van der Waals surface area contributed by atoms with Gasteiger partial charge in [-0.2, -0.15) is 0 Å². The molecule has 0 unspecified atom stereocenters. The molecular formula is C15H15Cl2N. The lowest BCUT2D eigenvalue weighted by Crippen LogP contribution is -2.16. The van der Waals surface area contributed by atoms with Gasteiger partial charge in [0.2, 0.25) is 0 Å². The highest BCUT2D eigenvalue weighted by atomic mass is 35.5. The molecule has 1 nitrogen and oxygen atoms in total. The lowest BCUT2D eigenvalue weighted by atomic mass is 10.1. The van der Waals surface area contributed by atoms with Crippen LogP contribution in [0.25, 0.3) is 0 Å². The van der Waals surface area contributed by atoms with Crippen molar-refractivity contribution < 1.29 is 0 Å². The Bertz CT molecular complexity index is 497. The first-order valence-electron chi connectivity index (χ1n) is 5.94. The Labute approximate surface area is 118 Å². The third-order valence-corrected chi connectivity index (χ3v) is 3.35. The average molecular weight is 280 g/mol. The van der Waals surface area contributed by atoms with Crippen LogP contribution in [-0.4, -0.2) is 6.54 Å². The van der Waals surface area contributed by atoms with Crippen molar-refractivity contribution in [1.29, 1.82) is 0 Å². The molecule has 0 aliphatic heterocycles. The van der Waals surface area contributed by atoms with Crippen molar-refractivity contribution in [1.82, 2.24) is 5.32 Å².